The lowest BCUT2D eigenvalue weighted by Gasteiger charge is -2.37. The zero-order valence-corrected chi connectivity index (χ0v) is 13.4. The van der Waals surface area contributed by atoms with Gasteiger partial charge in [0.15, 0.2) is 0 Å². The maximum absolute atomic E-state index is 14.5. The Labute approximate surface area is 127 Å². The number of nitrogens with one attached hydrogen (secondary N) is 1. The van der Waals surface area contributed by atoms with Crippen molar-refractivity contribution in [1.29, 1.82) is 0 Å². The molecular formula is C17H27FN2O. The summed E-state index contributed by atoms with van der Waals surface area (Å²) in [5, 5.41) is 3.39. The molecule has 4 heteroatoms. The highest BCUT2D eigenvalue weighted by molar-refractivity contribution is 5.51. The molecule has 1 N–H and O–H groups in total. The third kappa shape index (κ3) is 3.95. The molecule has 2 atom stereocenters. The monoisotopic (exact) mass is 294 g/mol. The SMILES string of the molecule is CCCNC(C)c1ccc(N2CCOCC2CC)c(F)c1. The molecule has 0 radical (unpaired) electrons. The third-order valence-electron chi connectivity index (χ3n) is 4.18. The van der Waals surface area contributed by atoms with Crippen LogP contribution in [0.2, 0.25) is 0 Å². The highest BCUT2D eigenvalue weighted by Crippen LogP contribution is 2.27. The van der Waals surface area contributed by atoms with Gasteiger partial charge in [-0.2, -0.15) is 0 Å². The summed E-state index contributed by atoms with van der Waals surface area (Å²) in [6, 6.07) is 6.08. The Morgan fingerprint density at radius 3 is 2.90 bits per heavy atom. The minimum Gasteiger partial charge on any atom is -0.377 e. The summed E-state index contributed by atoms with van der Waals surface area (Å²) in [6.07, 6.45) is 2.05. The average Bonchev–Trinajstić information content (AvgIpc) is 2.52. The van der Waals surface area contributed by atoms with Crippen LogP contribution in [0.15, 0.2) is 18.2 Å². The van der Waals surface area contributed by atoms with Gasteiger partial charge in [0.25, 0.3) is 0 Å². The Morgan fingerprint density at radius 2 is 2.24 bits per heavy atom. The summed E-state index contributed by atoms with van der Waals surface area (Å²) >= 11 is 0. The van der Waals surface area contributed by atoms with Crippen LogP contribution in [-0.2, 0) is 4.74 Å². The smallest absolute Gasteiger partial charge is 0.146 e. The van der Waals surface area contributed by atoms with Crippen LogP contribution in [0, 0.1) is 5.82 Å². The number of benzene rings is 1. The Kier molecular flexibility index (Phi) is 6.00. The van der Waals surface area contributed by atoms with E-state index in [9.17, 15) is 4.39 Å². The largest absolute Gasteiger partial charge is 0.377 e. The van der Waals surface area contributed by atoms with E-state index in [1.807, 2.05) is 12.1 Å². The molecule has 1 saturated heterocycles. The van der Waals surface area contributed by atoms with Crippen molar-refractivity contribution in [2.45, 2.75) is 45.7 Å². The minimum absolute atomic E-state index is 0.127. The van der Waals surface area contributed by atoms with Crippen molar-refractivity contribution < 1.29 is 9.13 Å². The number of halogens is 1. The van der Waals surface area contributed by atoms with Gasteiger partial charge in [0.2, 0.25) is 0 Å². The van der Waals surface area contributed by atoms with E-state index in [2.05, 4.69) is 31.0 Å². The third-order valence-corrected chi connectivity index (χ3v) is 4.18. The summed E-state index contributed by atoms with van der Waals surface area (Å²) in [4.78, 5) is 2.15. The Morgan fingerprint density at radius 1 is 1.43 bits per heavy atom. The molecule has 1 fully saturated rings. The van der Waals surface area contributed by atoms with Crippen molar-refractivity contribution in [3.63, 3.8) is 0 Å². The topological polar surface area (TPSA) is 24.5 Å². The van der Waals surface area contributed by atoms with Gasteiger partial charge in [0.1, 0.15) is 5.82 Å². The molecule has 1 heterocycles. The van der Waals surface area contributed by atoms with Crippen molar-refractivity contribution in [1.82, 2.24) is 5.32 Å². The molecule has 21 heavy (non-hydrogen) atoms. The Bertz CT molecular complexity index is 452. The average molecular weight is 294 g/mol. The second-order valence-electron chi connectivity index (χ2n) is 5.72. The molecule has 0 amide bonds. The van der Waals surface area contributed by atoms with Crippen LogP contribution in [0.1, 0.15) is 45.2 Å². The van der Waals surface area contributed by atoms with Gasteiger partial charge in [-0.3, -0.25) is 0 Å². The normalized spacial score (nSPS) is 20.6. The van der Waals surface area contributed by atoms with E-state index in [0.29, 0.717) is 18.9 Å². The first-order chi connectivity index (χ1) is 10.2. The Hall–Kier alpha value is -1.13. The highest BCUT2D eigenvalue weighted by atomic mass is 19.1. The molecule has 1 aliphatic rings. The van der Waals surface area contributed by atoms with Crippen LogP contribution >= 0.6 is 0 Å². The summed E-state index contributed by atoms with van der Waals surface area (Å²) in [5.74, 6) is -0.127. The molecule has 2 rings (SSSR count). The Balaban J connectivity index is 2.14. The van der Waals surface area contributed by atoms with Crippen molar-refractivity contribution >= 4 is 5.69 Å². The van der Waals surface area contributed by atoms with Crippen LogP contribution < -0.4 is 10.2 Å². The predicted octanol–water partition coefficient (Wildman–Crippen LogP) is 3.50. The van der Waals surface area contributed by atoms with Crippen LogP contribution in [0.5, 0.6) is 0 Å². The van der Waals surface area contributed by atoms with Crippen LogP contribution in [0.25, 0.3) is 0 Å². The molecular weight excluding hydrogens is 267 g/mol. The lowest BCUT2D eigenvalue weighted by atomic mass is 10.1. The number of hydrogen-bond acceptors (Lipinski definition) is 3. The van der Waals surface area contributed by atoms with Crippen molar-refractivity contribution in [2.75, 3.05) is 31.2 Å². The fourth-order valence-corrected chi connectivity index (χ4v) is 2.81. The summed E-state index contributed by atoms with van der Waals surface area (Å²) in [6.45, 7) is 9.40. The molecule has 0 aliphatic carbocycles. The number of morpholine rings is 1. The minimum atomic E-state index is -0.127. The first-order valence-corrected chi connectivity index (χ1v) is 8.04. The van der Waals surface area contributed by atoms with E-state index in [1.165, 1.54) is 0 Å². The standard InChI is InChI=1S/C17H27FN2O/c1-4-8-19-13(3)14-6-7-17(16(18)11-14)20-9-10-21-12-15(20)5-2/h6-7,11,13,15,19H,4-5,8-10,12H2,1-3H3. The lowest BCUT2D eigenvalue weighted by molar-refractivity contribution is 0.0926. The number of anilines is 1. The van der Waals surface area contributed by atoms with Crippen molar-refractivity contribution in [3.05, 3.63) is 29.6 Å². The van der Waals surface area contributed by atoms with Gasteiger partial charge in [0.05, 0.1) is 24.9 Å². The second-order valence-corrected chi connectivity index (χ2v) is 5.72. The number of nitrogens with zero attached hydrogens (tertiary/aromatic N) is 1. The summed E-state index contributed by atoms with van der Waals surface area (Å²) < 4.78 is 20.0. The number of ether oxygens (including phenoxy) is 1. The number of rotatable bonds is 6. The quantitative estimate of drug-likeness (QED) is 0.869. The maximum Gasteiger partial charge on any atom is 0.146 e. The van der Waals surface area contributed by atoms with Gasteiger partial charge in [-0.15, -0.1) is 0 Å². The van der Waals surface area contributed by atoms with E-state index in [1.54, 1.807) is 6.07 Å². The van der Waals surface area contributed by atoms with Crippen LogP contribution in [0.4, 0.5) is 10.1 Å². The van der Waals surface area contributed by atoms with Gasteiger partial charge in [-0.05, 0) is 44.0 Å². The zero-order chi connectivity index (χ0) is 15.2. The summed E-state index contributed by atoms with van der Waals surface area (Å²) in [5.41, 5.74) is 1.71. The lowest BCUT2D eigenvalue weighted by Crippen LogP contribution is -2.45. The molecule has 0 saturated carbocycles. The van der Waals surface area contributed by atoms with Crippen LogP contribution in [-0.4, -0.2) is 32.3 Å². The first-order valence-electron chi connectivity index (χ1n) is 8.04. The number of hydrogen-bond donors (Lipinski definition) is 1. The van der Waals surface area contributed by atoms with E-state index in [-0.39, 0.29) is 17.9 Å². The molecule has 0 aromatic heterocycles. The van der Waals surface area contributed by atoms with Gasteiger partial charge in [-0.25, -0.2) is 4.39 Å². The van der Waals surface area contributed by atoms with Crippen molar-refractivity contribution in [2.24, 2.45) is 0 Å². The second kappa shape index (κ2) is 7.76. The summed E-state index contributed by atoms with van der Waals surface area (Å²) in [7, 11) is 0. The fourth-order valence-electron chi connectivity index (χ4n) is 2.81. The van der Waals surface area contributed by atoms with Gasteiger partial charge in [-0.1, -0.05) is 19.9 Å². The van der Waals surface area contributed by atoms with Gasteiger partial charge in [0, 0.05) is 12.6 Å². The molecule has 1 aromatic rings. The molecule has 1 aliphatic heterocycles. The van der Waals surface area contributed by atoms with E-state index >= 15 is 0 Å². The van der Waals surface area contributed by atoms with E-state index in [0.717, 1.165) is 31.5 Å². The molecule has 1 aromatic carbocycles. The molecule has 2 unspecified atom stereocenters. The van der Waals surface area contributed by atoms with Crippen molar-refractivity contribution in [3.8, 4) is 0 Å². The van der Waals surface area contributed by atoms with Gasteiger partial charge >= 0.3 is 0 Å². The molecule has 0 spiro atoms. The molecule has 3 nitrogen and oxygen atoms in total. The molecule has 118 valence electrons. The van der Waals surface area contributed by atoms with E-state index < -0.39 is 0 Å². The van der Waals surface area contributed by atoms with Crippen LogP contribution in [0.3, 0.4) is 0 Å². The highest BCUT2D eigenvalue weighted by Gasteiger charge is 2.24. The zero-order valence-electron chi connectivity index (χ0n) is 13.4. The predicted molar refractivity (Wildman–Crippen MR) is 85.4 cm³/mol. The van der Waals surface area contributed by atoms with E-state index in [4.69, 9.17) is 4.74 Å². The molecule has 0 bridgehead atoms. The fraction of sp³-hybridized carbons (Fsp3) is 0.647. The first kappa shape index (κ1) is 16.2. The van der Waals surface area contributed by atoms with Gasteiger partial charge < -0.3 is 15.0 Å². The maximum atomic E-state index is 14.5.